The van der Waals surface area contributed by atoms with Crippen LogP contribution in [0.25, 0.3) is 0 Å². The Hall–Kier alpha value is -2.41. The molecule has 3 rings (SSSR count). The molecule has 0 heterocycles. The van der Waals surface area contributed by atoms with Gasteiger partial charge in [-0.05, 0) is 30.5 Å². The zero-order valence-corrected chi connectivity index (χ0v) is 16.1. The Kier molecular flexibility index (Phi) is 5.79. The number of guanidine groups is 1. The quantitative estimate of drug-likeness (QED) is 0.564. The van der Waals surface area contributed by atoms with Crippen molar-refractivity contribution in [2.24, 2.45) is 4.99 Å². The lowest BCUT2D eigenvalue weighted by molar-refractivity contribution is 0.566. The van der Waals surface area contributed by atoms with Crippen LogP contribution in [0.2, 0.25) is 0 Å². The lowest BCUT2D eigenvalue weighted by atomic mass is 9.96. The predicted molar refractivity (Wildman–Crippen MR) is 105 cm³/mol. The maximum atomic E-state index is 13.7. The fourth-order valence-electron chi connectivity index (χ4n) is 3.09. The summed E-state index contributed by atoms with van der Waals surface area (Å²) in [5, 5.41) is 6.28. The molecule has 1 saturated carbocycles. The second kappa shape index (κ2) is 8.08. The topological polar surface area (TPSA) is 70.6 Å². The maximum absolute atomic E-state index is 13.7. The van der Waals surface area contributed by atoms with E-state index in [1.54, 1.807) is 7.05 Å². The molecule has 0 unspecified atom stereocenters. The van der Waals surface area contributed by atoms with Crippen molar-refractivity contribution in [1.82, 2.24) is 10.6 Å². The van der Waals surface area contributed by atoms with Crippen LogP contribution in [0.4, 0.5) is 4.39 Å². The van der Waals surface area contributed by atoms with E-state index >= 15 is 0 Å². The zero-order valence-electron chi connectivity index (χ0n) is 15.3. The van der Waals surface area contributed by atoms with Gasteiger partial charge in [0.1, 0.15) is 10.7 Å². The Morgan fingerprint density at radius 1 is 1.07 bits per heavy atom. The van der Waals surface area contributed by atoms with Gasteiger partial charge in [-0.2, -0.15) is 0 Å². The maximum Gasteiger partial charge on any atom is 0.191 e. The smallest absolute Gasteiger partial charge is 0.191 e. The molecule has 1 aliphatic rings. The molecule has 7 heteroatoms. The number of hydrogen-bond donors (Lipinski definition) is 2. The predicted octanol–water partition coefficient (Wildman–Crippen LogP) is 2.50. The second-order valence-corrected chi connectivity index (χ2v) is 8.83. The molecule has 0 atom stereocenters. The van der Waals surface area contributed by atoms with E-state index in [0.717, 1.165) is 25.5 Å². The molecule has 2 aromatic carbocycles. The van der Waals surface area contributed by atoms with E-state index in [4.69, 9.17) is 0 Å². The van der Waals surface area contributed by atoms with E-state index < -0.39 is 15.7 Å². The summed E-state index contributed by atoms with van der Waals surface area (Å²) in [7, 11) is -2.05. The van der Waals surface area contributed by atoms with E-state index in [9.17, 15) is 12.8 Å². The van der Waals surface area contributed by atoms with Crippen LogP contribution in [-0.4, -0.2) is 40.3 Å². The standard InChI is InChI=1S/C20H24FN3O2S/c1-22-19(24-15-20(11-12-20)16-7-3-2-4-8-16)23-13-14-27(25,26)18-10-6-5-9-17(18)21/h2-10H,11-15H2,1H3,(H2,22,23,24). The normalized spacial score (nSPS) is 16.0. The number of sulfone groups is 1. The fraction of sp³-hybridized carbons (Fsp3) is 0.350. The Balaban J connectivity index is 1.52. The number of halogens is 1. The van der Waals surface area contributed by atoms with Gasteiger partial charge >= 0.3 is 0 Å². The van der Waals surface area contributed by atoms with Crippen molar-refractivity contribution in [2.75, 3.05) is 25.9 Å². The third-order valence-electron chi connectivity index (χ3n) is 4.89. The van der Waals surface area contributed by atoms with Crippen molar-refractivity contribution in [3.8, 4) is 0 Å². The molecule has 0 spiro atoms. The van der Waals surface area contributed by atoms with Crippen molar-refractivity contribution in [3.05, 3.63) is 66.0 Å². The summed E-state index contributed by atoms with van der Waals surface area (Å²) in [6, 6.07) is 15.8. The molecule has 2 N–H and O–H groups in total. The Morgan fingerprint density at radius 2 is 1.74 bits per heavy atom. The molecule has 0 bridgehead atoms. The first-order chi connectivity index (χ1) is 13.0. The lowest BCUT2D eigenvalue weighted by Crippen LogP contribution is -2.42. The van der Waals surface area contributed by atoms with Crippen molar-refractivity contribution in [3.63, 3.8) is 0 Å². The molecular weight excluding hydrogens is 365 g/mol. The number of hydrogen-bond acceptors (Lipinski definition) is 3. The fourth-order valence-corrected chi connectivity index (χ4v) is 4.34. The molecule has 0 aromatic heterocycles. The first-order valence-electron chi connectivity index (χ1n) is 8.94. The highest BCUT2D eigenvalue weighted by Gasteiger charge is 2.44. The third kappa shape index (κ3) is 4.66. The molecule has 144 valence electrons. The second-order valence-electron chi connectivity index (χ2n) is 6.75. The molecule has 2 aromatic rings. The van der Waals surface area contributed by atoms with Gasteiger partial charge in [-0.1, -0.05) is 42.5 Å². The van der Waals surface area contributed by atoms with Gasteiger partial charge in [-0.25, -0.2) is 12.8 Å². The third-order valence-corrected chi connectivity index (χ3v) is 6.64. The first-order valence-corrected chi connectivity index (χ1v) is 10.6. The van der Waals surface area contributed by atoms with Gasteiger partial charge in [0.2, 0.25) is 0 Å². The van der Waals surface area contributed by atoms with E-state index in [0.29, 0.717) is 5.96 Å². The number of benzene rings is 2. The van der Waals surface area contributed by atoms with Crippen molar-refractivity contribution >= 4 is 15.8 Å². The van der Waals surface area contributed by atoms with Crippen LogP contribution >= 0.6 is 0 Å². The number of nitrogens with zero attached hydrogens (tertiary/aromatic N) is 1. The minimum atomic E-state index is -3.69. The van der Waals surface area contributed by atoms with Crippen LogP contribution in [0.15, 0.2) is 64.5 Å². The number of rotatable bonds is 7. The summed E-state index contributed by atoms with van der Waals surface area (Å²) in [5.74, 6) is -0.391. The van der Waals surface area contributed by atoms with Gasteiger partial charge in [0, 0.05) is 25.6 Å². The van der Waals surface area contributed by atoms with Crippen molar-refractivity contribution in [1.29, 1.82) is 0 Å². The summed E-state index contributed by atoms with van der Waals surface area (Å²) in [5.41, 5.74) is 1.42. The summed E-state index contributed by atoms with van der Waals surface area (Å²) in [6.45, 7) is 0.880. The van der Waals surface area contributed by atoms with Crippen LogP contribution in [0, 0.1) is 5.82 Å². The zero-order chi connectivity index (χ0) is 19.3. The largest absolute Gasteiger partial charge is 0.356 e. The number of nitrogens with one attached hydrogen (secondary N) is 2. The average Bonchev–Trinajstić information content (AvgIpc) is 3.46. The summed E-state index contributed by atoms with van der Waals surface area (Å²) >= 11 is 0. The van der Waals surface area contributed by atoms with E-state index in [1.165, 1.54) is 23.8 Å². The average molecular weight is 389 g/mol. The van der Waals surface area contributed by atoms with Crippen LogP contribution in [0.1, 0.15) is 18.4 Å². The van der Waals surface area contributed by atoms with Gasteiger partial charge in [0.25, 0.3) is 0 Å². The van der Waals surface area contributed by atoms with Gasteiger partial charge in [-0.3, -0.25) is 4.99 Å². The Labute approximate surface area is 159 Å². The van der Waals surface area contributed by atoms with Crippen LogP contribution in [0.5, 0.6) is 0 Å². The monoisotopic (exact) mass is 389 g/mol. The lowest BCUT2D eigenvalue weighted by Gasteiger charge is -2.19. The van der Waals surface area contributed by atoms with Crippen molar-refractivity contribution in [2.45, 2.75) is 23.2 Å². The SMILES string of the molecule is CN=C(NCCS(=O)(=O)c1ccccc1F)NCC1(c2ccccc2)CC1. The van der Waals surface area contributed by atoms with Crippen LogP contribution < -0.4 is 10.6 Å². The highest BCUT2D eigenvalue weighted by atomic mass is 32.2. The molecule has 0 radical (unpaired) electrons. The van der Waals surface area contributed by atoms with Gasteiger partial charge < -0.3 is 10.6 Å². The van der Waals surface area contributed by atoms with Gasteiger partial charge in [0.05, 0.1) is 5.75 Å². The molecule has 1 aliphatic carbocycles. The summed E-state index contributed by atoms with van der Waals surface area (Å²) < 4.78 is 38.3. The summed E-state index contributed by atoms with van der Waals surface area (Å²) in [6.07, 6.45) is 2.23. The van der Waals surface area contributed by atoms with Crippen LogP contribution in [0.3, 0.4) is 0 Å². The molecule has 1 fully saturated rings. The van der Waals surface area contributed by atoms with E-state index in [-0.39, 0.29) is 22.6 Å². The molecular formula is C20H24FN3O2S. The highest BCUT2D eigenvalue weighted by molar-refractivity contribution is 7.91. The van der Waals surface area contributed by atoms with Gasteiger partial charge in [0.15, 0.2) is 15.8 Å². The van der Waals surface area contributed by atoms with Crippen LogP contribution in [-0.2, 0) is 15.3 Å². The number of aliphatic imine (C=N–C) groups is 1. The van der Waals surface area contributed by atoms with Gasteiger partial charge in [-0.15, -0.1) is 0 Å². The summed E-state index contributed by atoms with van der Waals surface area (Å²) in [4.78, 5) is 3.88. The van der Waals surface area contributed by atoms with Crippen molar-refractivity contribution < 1.29 is 12.8 Å². The van der Waals surface area contributed by atoms with E-state index in [2.05, 4.69) is 27.8 Å². The molecule has 0 aliphatic heterocycles. The minimum Gasteiger partial charge on any atom is -0.356 e. The Bertz CT molecular complexity index is 910. The molecule has 0 amide bonds. The molecule has 0 saturated heterocycles. The minimum absolute atomic E-state index is 0.123. The van der Waals surface area contributed by atoms with E-state index in [1.807, 2.05) is 18.2 Å². The molecule has 27 heavy (non-hydrogen) atoms. The molecule has 5 nitrogen and oxygen atoms in total. The highest BCUT2D eigenvalue weighted by Crippen LogP contribution is 2.47. The Morgan fingerprint density at radius 3 is 2.37 bits per heavy atom. The first kappa shape index (κ1) is 19.4.